The van der Waals surface area contributed by atoms with Crippen molar-refractivity contribution in [3.05, 3.63) is 18.1 Å². The highest BCUT2D eigenvalue weighted by molar-refractivity contribution is 5.85. The van der Waals surface area contributed by atoms with Crippen LogP contribution in [0.2, 0.25) is 0 Å². The van der Waals surface area contributed by atoms with Crippen molar-refractivity contribution in [1.82, 2.24) is 14.9 Å². The van der Waals surface area contributed by atoms with Crippen LogP contribution in [0.1, 0.15) is 24.5 Å². The second-order valence-electron chi connectivity index (χ2n) is 5.37. The molecule has 0 aromatic carbocycles. The van der Waals surface area contributed by atoms with E-state index in [-0.39, 0.29) is 5.82 Å². The van der Waals surface area contributed by atoms with Crippen LogP contribution in [-0.4, -0.2) is 59.7 Å². The molecule has 112 valence electrons. The predicted octanol–water partition coefficient (Wildman–Crippen LogP) is 0.687. The number of hydrogen-bond acceptors (Lipinski definition) is 7. The SMILES string of the molecule is COC(=O)c1nccc(N2CCN(C(C)(C)C#N)CC2)n1. The molecule has 1 aliphatic heterocycles. The van der Waals surface area contributed by atoms with Gasteiger partial charge in [-0.05, 0) is 19.9 Å². The van der Waals surface area contributed by atoms with Gasteiger partial charge in [0, 0.05) is 32.4 Å². The lowest BCUT2D eigenvalue weighted by molar-refractivity contribution is 0.0586. The summed E-state index contributed by atoms with van der Waals surface area (Å²) in [5.41, 5.74) is -0.463. The standard InChI is InChI=1S/C14H19N5O2/c1-14(2,10-15)19-8-6-18(7-9-19)11-4-5-16-12(17-11)13(20)21-3/h4-5H,6-9H2,1-3H3. The molecule has 1 aromatic heterocycles. The van der Waals surface area contributed by atoms with E-state index in [0.29, 0.717) is 5.82 Å². The molecule has 0 aliphatic carbocycles. The number of nitrogens with zero attached hydrogens (tertiary/aromatic N) is 5. The quantitative estimate of drug-likeness (QED) is 0.757. The van der Waals surface area contributed by atoms with E-state index in [1.165, 1.54) is 7.11 Å². The molecule has 2 heterocycles. The van der Waals surface area contributed by atoms with Gasteiger partial charge in [0.25, 0.3) is 0 Å². The Bertz CT molecular complexity index is 559. The Morgan fingerprint density at radius 1 is 1.38 bits per heavy atom. The molecule has 0 bridgehead atoms. The third kappa shape index (κ3) is 3.28. The maximum atomic E-state index is 11.5. The topological polar surface area (TPSA) is 82.4 Å². The first-order valence-electron chi connectivity index (χ1n) is 6.80. The van der Waals surface area contributed by atoms with Gasteiger partial charge in [-0.2, -0.15) is 5.26 Å². The average molecular weight is 289 g/mol. The fourth-order valence-electron chi connectivity index (χ4n) is 2.28. The highest BCUT2D eigenvalue weighted by Gasteiger charge is 2.30. The van der Waals surface area contributed by atoms with Crippen molar-refractivity contribution in [2.45, 2.75) is 19.4 Å². The molecule has 2 rings (SSSR count). The number of rotatable bonds is 3. The minimum Gasteiger partial charge on any atom is -0.463 e. The number of hydrogen-bond donors (Lipinski definition) is 0. The first-order valence-corrected chi connectivity index (χ1v) is 6.80. The van der Waals surface area contributed by atoms with Crippen LogP contribution in [0.4, 0.5) is 5.82 Å². The molecule has 0 amide bonds. The molecular formula is C14H19N5O2. The summed E-state index contributed by atoms with van der Waals surface area (Å²) in [7, 11) is 1.31. The number of nitriles is 1. The minimum atomic E-state index is -0.541. The molecule has 7 heteroatoms. The Labute approximate surface area is 124 Å². The summed E-state index contributed by atoms with van der Waals surface area (Å²) in [5, 5.41) is 9.18. The summed E-state index contributed by atoms with van der Waals surface area (Å²) in [5.74, 6) is 0.232. The molecule has 0 radical (unpaired) electrons. The first kappa shape index (κ1) is 15.2. The molecule has 21 heavy (non-hydrogen) atoms. The van der Waals surface area contributed by atoms with Gasteiger partial charge in [-0.15, -0.1) is 0 Å². The van der Waals surface area contributed by atoms with Crippen molar-refractivity contribution < 1.29 is 9.53 Å². The lowest BCUT2D eigenvalue weighted by atomic mass is 10.0. The van der Waals surface area contributed by atoms with Crippen molar-refractivity contribution in [1.29, 1.82) is 5.26 Å². The van der Waals surface area contributed by atoms with E-state index in [9.17, 15) is 10.1 Å². The Morgan fingerprint density at radius 3 is 2.62 bits per heavy atom. The van der Waals surface area contributed by atoms with Crippen molar-refractivity contribution >= 4 is 11.8 Å². The monoisotopic (exact) mass is 289 g/mol. The van der Waals surface area contributed by atoms with Crippen molar-refractivity contribution in [2.75, 3.05) is 38.2 Å². The summed E-state index contributed by atoms with van der Waals surface area (Å²) in [6.45, 7) is 6.90. The third-order valence-corrected chi connectivity index (χ3v) is 3.68. The van der Waals surface area contributed by atoms with Crippen LogP contribution in [0.3, 0.4) is 0 Å². The number of aromatic nitrogens is 2. The van der Waals surface area contributed by atoms with Crippen LogP contribution in [-0.2, 0) is 4.74 Å². The van der Waals surface area contributed by atoms with Gasteiger partial charge in [-0.1, -0.05) is 0 Å². The Kier molecular flexibility index (Phi) is 4.38. The first-order chi connectivity index (χ1) is 9.97. The van der Waals surface area contributed by atoms with Crippen LogP contribution in [0, 0.1) is 11.3 Å². The Hall–Kier alpha value is -2.20. The maximum absolute atomic E-state index is 11.5. The number of piperazine rings is 1. The number of carbonyl (C=O) groups is 1. The lowest BCUT2D eigenvalue weighted by Gasteiger charge is -2.40. The van der Waals surface area contributed by atoms with Crippen LogP contribution in [0.5, 0.6) is 0 Å². The minimum absolute atomic E-state index is 0.0646. The molecule has 0 atom stereocenters. The molecule has 7 nitrogen and oxygen atoms in total. The summed E-state index contributed by atoms with van der Waals surface area (Å²) >= 11 is 0. The zero-order valence-corrected chi connectivity index (χ0v) is 12.5. The zero-order valence-electron chi connectivity index (χ0n) is 12.5. The molecule has 1 aliphatic rings. The Morgan fingerprint density at radius 2 is 2.05 bits per heavy atom. The van der Waals surface area contributed by atoms with E-state index in [1.807, 2.05) is 13.8 Å². The van der Waals surface area contributed by atoms with Crippen LogP contribution in [0.25, 0.3) is 0 Å². The van der Waals surface area contributed by atoms with Gasteiger partial charge in [0.15, 0.2) is 0 Å². The number of ether oxygens (including phenoxy) is 1. The van der Waals surface area contributed by atoms with Crippen molar-refractivity contribution in [3.63, 3.8) is 0 Å². The molecule has 0 unspecified atom stereocenters. The van der Waals surface area contributed by atoms with Gasteiger partial charge in [0.2, 0.25) is 5.82 Å². The molecular weight excluding hydrogens is 270 g/mol. The Balaban J connectivity index is 2.06. The van der Waals surface area contributed by atoms with Crippen LogP contribution in [0.15, 0.2) is 12.3 Å². The lowest BCUT2D eigenvalue weighted by Crippen LogP contribution is -2.54. The van der Waals surface area contributed by atoms with Gasteiger partial charge >= 0.3 is 5.97 Å². The molecule has 0 spiro atoms. The van der Waals surface area contributed by atoms with E-state index in [2.05, 4.69) is 30.6 Å². The number of esters is 1. The van der Waals surface area contributed by atoms with Crippen molar-refractivity contribution in [3.8, 4) is 6.07 Å². The van der Waals surface area contributed by atoms with Gasteiger partial charge in [0.05, 0.1) is 13.2 Å². The molecule has 0 saturated carbocycles. The van der Waals surface area contributed by atoms with Crippen LogP contribution >= 0.6 is 0 Å². The van der Waals surface area contributed by atoms with E-state index in [4.69, 9.17) is 0 Å². The van der Waals surface area contributed by atoms with E-state index >= 15 is 0 Å². The van der Waals surface area contributed by atoms with Gasteiger partial charge in [-0.3, -0.25) is 4.90 Å². The molecule has 1 saturated heterocycles. The van der Waals surface area contributed by atoms with E-state index in [1.54, 1.807) is 12.3 Å². The van der Waals surface area contributed by atoms with Crippen LogP contribution < -0.4 is 4.90 Å². The fraction of sp³-hybridized carbons (Fsp3) is 0.571. The second kappa shape index (κ2) is 6.06. The summed E-state index contributed by atoms with van der Waals surface area (Å²) < 4.78 is 4.63. The average Bonchev–Trinajstić information content (AvgIpc) is 2.54. The predicted molar refractivity (Wildman–Crippen MR) is 76.8 cm³/mol. The normalized spacial score (nSPS) is 16.4. The van der Waals surface area contributed by atoms with E-state index in [0.717, 1.165) is 26.2 Å². The van der Waals surface area contributed by atoms with Gasteiger partial charge in [-0.25, -0.2) is 14.8 Å². The van der Waals surface area contributed by atoms with Crippen molar-refractivity contribution in [2.24, 2.45) is 0 Å². The fourth-order valence-corrected chi connectivity index (χ4v) is 2.28. The summed E-state index contributed by atoms with van der Waals surface area (Å²) in [6, 6.07) is 4.09. The summed E-state index contributed by atoms with van der Waals surface area (Å²) in [6.07, 6.45) is 1.56. The van der Waals surface area contributed by atoms with Gasteiger partial charge < -0.3 is 9.64 Å². The molecule has 1 aromatic rings. The maximum Gasteiger partial charge on any atom is 0.376 e. The number of anilines is 1. The van der Waals surface area contributed by atoms with E-state index < -0.39 is 11.5 Å². The highest BCUT2D eigenvalue weighted by Crippen LogP contribution is 2.19. The summed E-state index contributed by atoms with van der Waals surface area (Å²) in [4.78, 5) is 23.8. The second-order valence-corrected chi connectivity index (χ2v) is 5.37. The number of methoxy groups -OCH3 is 1. The molecule has 1 fully saturated rings. The third-order valence-electron chi connectivity index (χ3n) is 3.68. The van der Waals surface area contributed by atoms with Gasteiger partial charge in [0.1, 0.15) is 11.4 Å². The smallest absolute Gasteiger partial charge is 0.376 e. The number of carbonyl (C=O) groups excluding carboxylic acids is 1. The zero-order chi connectivity index (χ0) is 15.5. The molecule has 0 N–H and O–H groups in total. The largest absolute Gasteiger partial charge is 0.463 e. The highest BCUT2D eigenvalue weighted by atomic mass is 16.5.